The number of aliphatic hydroxyl groups is 4. The Balaban J connectivity index is 2.71. The van der Waals surface area contributed by atoms with Crippen molar-refractivity contribution < 1.29 is 25.2 Å². The van der Waals surface area contributed by atoms with E-state index in [9.17, 15) is 10.2 Å². The predicted molar refractivity (Wildman–Crippen MR) is 38.0 cm³/mol. The predicted octanol–water partition coefficient (Wildman–Crippen LogP) is -3.25. The SMILES string of the molecule is NC[C@@]1(O)OCC(O)C(O)C1O. The highest BCUT2D eigenvalue weighted by Crippen LogP contribution is 2.22. The zero-order chi connectivity index (χ0) is 9.35. The molecule has 1 rings (SSSR count). The van der Waals surface area contributed by atoms with Crippen molar-refractivity contribution in [2.75, 3.05) is 13.2 Å². The smallest absolute Gasteiger partial charge is 0.207 e. The van der Waals surface area contributed by atoms with Gasteiger partial charge < -0.3 is 30.9 Å². The van der Waals surface area contributed by atoms with Gasteiger partial charge in [-0.15, -0.1) is 0 Å². The van der Waals surface area contributed by atoms with Crippen LogP contribution in [0.1, 0.15) is 0 Å². The molecule has 1 aliphatic rings. The maximum atomic E-state index is 9.37. The summed E-state index contributed by atoms with van der Waals surface area (Å²) in [5.74, 6) is -1.95. The van der Waals surface area contributed by atoms with E-state index in [4.69, 9.17) is 15.9 Å². The molecule has 6 nitrogen and oxygen atoms in total. The maximum absolute atomic E-state index is 9.37. The van der Waals surface area contributed by atoms with Crippen LogP contribution in [0.4, 0.5) is 0 Å². The van der Waals surface area contributed by atoms with E-state index in [0.717, 1.165) is 0 Å². The van der Waals surface area contributed by atoms with Crippen molar-refractivity contribution in [3.05, 3.63) is 0 Å². The summed E-state index contributed by atoms with van der Waals surface area (Å²) in [5, 5.41) is 36.7. The van der Waals surface area contributed by atoms with Crippen molar-refractivity contribution in [2.24, 2.45) is 5.73 Å². The number of ether oxygens (including phenoxy) is 1. The fourth-order valence-corrected chi connectivity index (χ4v) is 1.07. The third-order valence-corrected chi connectivity index (χ3v) is 1.98. The molecule has 0 amide bonds. The number of hydrogen-bond donors (Lipinski definition) is 5. The molecule has 0 aromatic rings. The topological polar surface area (TPSA) is 116 Å². The van der Waals surface area contributed by atoms with Gasteiger partial charge in [-0.1, -0.05) is 0 Å². The van der Waals surface area contributed by atoms with Gasteiger partial charge >= 0.3 is 0 Å². The molecule has 0 bridgehead atoms. The van der Waals surface area contributed by atoms with E-state index in [1.54, 1.807) is 0 Å². The first-order chi connectivity index (χ1) is 5.51. The van der Waals surface area contributed by atoms with E-state index in [1.165, 1.54) is 0 Å². The van der Waals surface area contributed by atoms with Gasteiger partial charge in [-0.3, -0.25) is 0 Å². The largest absolute Gasteiger partial charge is 0.388 e. The molecule has 1 fully saturated rings. The van der Waals surface area contributed by atoms with Crippen LogP contribution >= 0.6 is 0 Å². The summed E-state index contributed by atoms with van der Waals surface area (Å²) < 4.78 is 4.68. The molecule has 12 heavy (non-hydrogen) atoms. The van der Waals surface area contributed by atoms with Gasteiger partial charge in [0.25, 0.3) is 0 Å². The second kappa shape index (κ2) is 3.25. The summed E-state index contributed by atoms with van der Waals surface area (Å²) in [6, 6.07) is 0. The lowest BCUT2D eigenvalue weighted by molar-refractivity contribution is -0.315. The highest BCUT2D eigenvalue weighted by atomic mass is 16.6. The summed E-state index contributed by atoms with van der Waals surface area (Å²) in [7, 11) is 0. The zero-order valence-electron chi connectivity index (χ0n) is 6.42. The van der Waals surface area contributed by atoms with Crippen LogP contribution in [-0.4, -0.2) is 57.7 Å². The molecule has 0 aromatic heterocycles. The maximum Gasteiger partial charge on any atom is 0.207 e. The molecule has 72 valence electrons. The second-order valence-electron chi connectivity index (χ2n) is 2.86. The molecule has 6 N–H and O–H groups in total. The lowest BCUT2D eigenvalue weighted by atomic mass is 9.97. The van der Waals surface area contributed by atoms with E-state index in [1.807, 2.05) is 0 Å². The third-order valence-electron chi connectivity index (χ3n) is 1.98. The van der Waals surface area contributed by atoms with Crippen LogP contribution in [0.5, 0.6) is 0 Å². The summed E-state index contributed by atoms with van der Waals surface area (Å²) in [4.78, 5) is 0. The molecular formula is C6H13NO5. The van der Waals surface area contributed by atoms with Crippen LogP contribution in [0.3, 0.4) is 0 Å². The van der Waals surface area contributed by atoms with E-state index in [-0.39, 0.29) is 13.2 Å². The van der Waals surface area contributed by atoms with Gasteiger partial charge in [0.15, 0.2) is 0 Å². The molecule has 0 radical (unpaired) electrons. The van der Waals surface area contributed by atoms with E-state index in [0.29, 0.717) is 0 Å². The van der Waals surface area contributed by atoms with Crippen molar-refractivity contribution >= 4 is 0 Å². The normalized spacial score (nSPS) is 49.2. The minimum Gasteiger partial charge on any atom is -0.388 e. The Labute approximate surface area is 69.2 Å². The first-order valence-electron chi connectivity index (χ1n) is 3.62. The van der Waals surface area contributed by atoms with Crippen molar-refractivity contribution in [1.82, 2.24) is 0 Å². The Morgan fingerprint density at radius 2 is 2.00 bits per heavy atom. The number of nitrogens with two attached hydrogens (primary N) is 1. The standard InChI is InChI=1S/C6H13NO5/c7-2-6(11)5(10)4(9)3(8)1-12-6/h3-5,8-11H,1-2,7H2/t3?,4?,5?,6-/m1/s1. The van der Waals surface area contributed by atoms with E-state index < -0.39 is 24.1 Å². The van der Waals surface area contributed by atoms with E-state index in [2.05, 4.69) is 4.74 Å². The van der Waals surface area contributed by atoms with Gasteiger partial charge in [-0.05, 0) is 0 Å². The lowest BCUT2D eigenvalue weighted by Crippen LogP contribution is -2.63. The minimum absolute atomic E-state index is 0.244. The molecule has 1 saturated heterocycles. The average Bonchev–Trinajstić information content (AvgIpc) is 2.09. The van der Waals surface area contributed by atoms with Crippen molar-refractivity contribution in [2.45, 2.75) is 24.1 Å². The molecule has 0 saturated carbocycles. The second-order valence-corrected chi connectivity index (χ2v) is 2.86. The van der Waals surface area contributed by atoms with Gasteiger partial charge in [0, 0.05) is 6.54 Å². The Kier molecular flexibility index (Phi) is 2.67. The Morgan fingerprint density at radius 3 is 2.50 bits per heavy atom. The molecule has 4 atom stereocenters. The monoisotopic (exact) mass is 179 g/mol. The van der Waals surface area contributed by atoms with Gasteiger partial charge in [0.2, 0.25) is 5.79 Å². The van der Waals surface area contributed by atoms with Crippen LogP contribution < -0.4 is 5.73 Å². The summed E-state index contributed by atoms with van der Waals surface area (Å²) in [6.07, 6.45) is -4.19. The summed E-state index contributed by atoms with van der Waals surface area (Å²) >= 11 is 0. The Hall–Kier alpha value is -0.240. The van der Waals surface area contributed by atoms with Crippen molar-refractivity contribution in [3.63, 3.8) is 0 Å². The quantitative estimate of drug-likeness (QED) is 0.288. The summed E-state index contributed by atoms with van der Waals surface area (Å²) in [6.45, 7) is -0.579. The molecule has 0 aliphatic carbocycles. The fraction of sp³-hybridized carbons (Fsp3) is 1.00. The molecule has 3 unspecified atom stereocenters. The van der Waals surface area contributed by atoms with Gasteiger partial charge in [0.1, 0.15) is 18.3 Å². The molecule has 0 spiro atoms. The van der Waals surface area contributed by atoms with Crippen LogP contribution in [0.15, 0.2) is 0 Å². The molecule has 6 heteroatoms. The van der Waals surface area contributed by atoms with Gasteiger partial charge in [-0.2, -0.15) is 0 Å². The fourth-order valence-electron chi connectivity index (χ4n) is 1.07. The van der Waals surface area contributed by atoms with Gasteiger partial charge in [-0.25, -0.2) is 0 Å². The molecule has 1 heterocycles. The molecular weight excluding hydrogens is 166 g/mol. The Bertz CT molecular complexity index is 166. The van der Waals surface area contributed by atoms with Crippen LogP contribution in [-0.2, 0) is 4.74 Å². The number of hydrogen-bond acceptors (Lipinski definition) is 6. The van der Waals surface area contributed by atoms with Gasteiger partial charge in [0.05, 0.1) is 6.61 Å². The number of rotatable bonds is 1. The first-order valence-corrected chi connectivity index (χ1v) is 3.62. The highest BCUT2D eigenvalue weighted by Gasteiger charge is 2.47. The third kappa shape index (κ3) is 1.45. The van der Waals surface area contributed by atoms with E-state index >= 15 is 0 Å². The van der Waals surface area contributed by atoms with Crippen LogP contribution in [0.2, 0.25) is 0 Å². The average molecular weight is 179 g/mol. The van der Waals surface area contributed by atoms with Crippen LogP contribution in [0, 0.1) is 0 Å². The van der Waals surface area contributed by atoms with Crippen molar-refractivity contribution in [3.8, 4) is 0 Å². The summed E-state index contributed by atoms with van der Waals surface area (Å²) in [5.41, 5.74) is 5.11. The zero-order valence-corrected chi connectivity index (χ0v) is 6.42. The molecule has 0 aromatic carbocycles. The van der Waals surface area contributed by atoms with Crippen molar-refractivity contribution in [1.29, 1.82) is 0 Å². The highest BCUT2D eigenvalue weighted by molar-refractivity contribution is 4.91. The first kappa shape index (κ1) is 9.85. The minimum atomic E-state index is -1.95. The lowest BCUT2D eigenvalue weighted by Gasteiger charge is -2.40. The van der Waals surface area contributed by atoms with Crippen LogP contribution in [0.25, 0.3) is 0 Å². The number of aliphatic hydroxyl groups excluding tert-OH is 3. The Morgan fingerprint density at radius 1 is 1.42 bits per heavy atom. The molecule has 1 aliphatic heterocycles.